The largest absolute Gasteiger partial charge is 0.309 e. The van der Waals surface area contributed by atoms with E-state index in [-0.39, 0.29) is 0 Å². The van der Waals surface area contributed by atoms with Crippen molar-refractivity contribution in [1.29, 1.82) is 0 Å². The Morgan fingerprint density at radius 1 is 1.12 bits per heavy atom. The zero-order valence-corrected chi connectivity index (χ0v) is 11.2. The van der Waals surface area contributed by atoms with Crippen molar-refractivity contribution in [3.63, 3.8) is 0 Å². The molecule has 0 aliphatic heterocycles. The van der Waals surface area contributed by atoms with Crippen LogP contribution in [0.4, 0.5) is 0 Å². The van der Waals surface area contributed by atoms with E-state index < -0.39 is 0 Å². The van der Waals surface area contributed by atoms with E-state index in [1.165, 1.54) is 36.9 Å². The summed E-state index contributed by atoms with van der Waals surface area (Å²) in [4.78, 5) is 2.26. The van der Waals surface area contributed by atoms with Gasteiger partial charge in [-0.2, -0.15) is 0 Å². The number of nitrogens with zero attached hydrogens (tertiary/aromatic N) is 1. The second-order valence-electron chi connectivity index (χ2n) is 5.24. The number of hydrogen-bond donors (Lipinski definition) is 0. The zero-order valence-electron chi connectivity index (χ0n) is 11.2. The van der Waals surface area contributed by atoms with Crippen LogP contribution in [0.3, 0.4) is 0 Å². The number of aryl methyl sites for hydroxylation is 1. The summed E-state index contributed by atoms with van der Waals surface area (Å²) in [5.74, 6) is 0.794. The van der Waals surface area contributed by atoms with Crippen LogP contribution in [0.1, 0.15) is 30.9 Å². The molecule has 90 valence electrons. The van der Waals surface area contributed by atoms with Crippen LogP contribution in [-0.2, 0) is 6.42 Å². The molecule has 0 amide bonds. The normalized spacial score (nSPS) is 13.1. The fourth-order valence-electron chi connectivity index (χ4n) is 1.98. The SMILES string of the molecule is Cc1ccc(CC(C)CCCN(C)C)cc1. The summed E-state index contributed by atoms with van der Waals surface area (Å²) in [7, 11) is 4.29. The molecule has 0 spiro atoms. The second kappa shape index (κ2) is 6.70. The van der Waals surface area contributed by atoms with Gasteiger partial charge in [-0.05, 0) is 58.3 Å². The van der Waals surface area contributed by atoms with E-state index in [1.54, 1.807) is 0 Å². The quantitative estimate of drug-likeness (QED) is 0.707. The molecule has 0 N–H and O–H groups in total. The van der Waals surface area contributed by atoms with Gasteiger partial charge in [0, 0.05) is 0 Å². The topological polar surface area (TPSA) is 3.24 Å². The number of hydrogen-bond acceptors (Lipinski definition) is 1. The van der Waals surface area contributed by atoms with Crippen molar-refractivity contribution in [3.05, 3.63) is 35.4 Å². The van der Waals surface area contributed by atoms with Gasteiger partial charge < -0.3 is 4.90 Å². The molecule has 0 fully saturated rings. The molecule has 0 saturated carbocycles. The van der Waals surface area contributed by atoms with Crippen molar-refractivity contribution in [2.45, 2.75) is 33.1 Å². The van der Waals surface area contributed by atoms with Crippen molar-refractivity contribution in [2.24, 2.45) is 5.92 Å². The Kier molecular flexibility index (Phi) is 5.54. The second-order valence-corrected chi connectivity index (χ2v) is 5.24. The molecule has 1 heteroatoms. The van der Waals surface area contributed by atoms with E-state index >= 15 is 0 Å². The summed E-state index contributed by atoms with van der Waals surface area (Å²) in [5.41, 5.74) is 2.83. The molecule has 0 heterocycles. The molecule has 1 unspecified atom stereocenters. The van der Waals surface area contributed by atoms with E-state index in [0.29, 0.717) is 0 Å². The maximum atomic E-state index is 2.36. The van der Waals surface area contributed by atoms with Gasteiger partial charge in [-0.15, -0.1) is 0 Å². The molecule has 16 heavy (non-hydrogen) atoms. The maximum absolute atomic E-state index is 2.36. The number of rotatable bonds is 6. The van der Waals surface area contributed by atoms with Crippen LogP contribution in [-0.4, -0.2) is 25.5 Å². The number of benzene rings is 1. The first kappa shape index (κ1) is 13.2. The van der Waals surface area contributed by atoms with E-state index in [0.717, 1.165) is 5.92 Å². The average molecular weight is 219 g/mol. The van der Waals surface area contributed by atoms with Crippen molar-refractivity contribution in [1.82, 2.24) is 4.90 Å². The first-order valence-corrected chi connectivity index (χ1v) is 6.28. The maximum Gasteiger partial charge on any atom is -0.00247 e. The fraction of sp³-hybridized carbons (Fsp3) is 0.600. The summed E-state index contributed by atoms with van der Waals surface area (Å²) in [6, 6.07) is 8.94. The predicted octanol–water partition coefficient (Wildman–Crippen LogP) is 3.52. The van der Waals surface area contributed by atoms with Gasteiger partial charge in [0.1, 0.15) is 0 Å². The molecule has 1 aromatic rings. The first-order valence-electron chi connectivity index (χ1n) is 6.28. The van der Waals surface area contributed by atoms with Crippen LogP contribution in [0, 0.1) is 12.8 Å². The summed E-state index contributed by atoms with van der Waals surface area (Å²) in [5, 5.41) is 0. The van der Waals surface area contributed by atoms with E-state index in [4.69, 9.17) is 0 Å². The minimum absolute atomic E-state index is 0.794. The van der Waals surface area contributed by atoms with E-state index in [9.17, 15) is 0 Å². The van der Waals surface area contributed by atoms with Crippen LogP contribution in [0.15, 0.2) is 24.3 Å². The van der Waals surface area contributed by atoms with Gasteiger partial charge in [0.15, 0.2) is 0 Å². The van der Waals surface area contributed by atoms with Crippen molar-refractivity contribution < 1.29 is 0 Å². The smallest absolute Gasteiger partial charge is 0.00247 e. The monoisotopic (exact) mass is 219 g/mol. The van der Waals surface area contributed by atoms with Crippen LogP contribution < -0.4 is 0 Å². The standard InChI is InChI=1S/C15H25N/c1-13-7-9-15(10-8-13)12-14(2)6-5-11-16(3)4/h7-10,14H,5-6,11-12H2,1-4H3. The summed E-state index contributed by atoms with van der Waals surface area (Å²) in [6.07, 6.45) is 3.85. The molecule has 0 radical (unpaired) electrons. The van der Waals surface area contributed by atoms with Gasteiger partial charge in [0.25, 0.3) is 0 Å². The summed E-state index contributed by atoms with van der Waals surface area (Å²) in [6.45, 7) is 5.71. The molecule has 0 bridgehead atoms. The molecular weight excluding hydrogens is 194 g/mol. The van der Waals surface area contributed by atoms with Gasteiger partial charge in [0.05, 0.1) is 0 Å². The van der Waals surface area contributed by atoms with Gasteiger partial charge in [0.2, 0.25) is 0 Å². The van der Waals surface area contributed by atoms with Gasteiger partial charge in [-0.25, -0.2) is 0 Å². The Labute approximate surface area is 100 Å². The summed E-state index contributed by atoms with van der Waals surface area (Å²) >= 11 is 0. The molecule has 1 rings (SSSR count). The highest BCUT2D eigenvalue weighted by Gasteiger charge is 2.03. The first-order chi connectivity index (χ1) is 7.58. The van der Waals surface area contributed by atoms with Crippen LogP contribution in [0.5, 0.6) is 0 Å². The van der Waals surface area contributed by atoms with Gasteiger partial charge >= 0.3 is 0 Å². The van der Waals surface area contributed by atoms with Crippen molar-refractivity contribution >= 4 is 0 Å². The zero-order chi connectivity index (χ0) is 12.0. The van der Waals surface area contributed by atoms with Gasteiger partial charge in [-0.1, -0.05) is 36.8 Å². The van der Waals surface area contributed by atoms with E-state index in [1.807, 2.05) is 0 Å². The summed E-state index contributed by atoms with van der Waals surface area (Å²) < 4.78 is 0. The third-order valence-electron chi connectivity index (χ3n) is 3.01. The highest BCUT2D eigenvalue weighted by Crippen LogP contribution is 2.14. The van der Waals surface area contributed by atoms with Crippen LogP contribution in [0.2, 0.25) is 0 Å². The Hall–Kier alpha value is -0.820. The fourth-order valence-corrected chi connectivity index (χ4v) is 1.98. The third kappa shape index (κ3) is 5.32. The molecule has 1 atom stereocenters. The van der Waals surface area contributed by atoms with Crippen LogP contribution >= 0.6 is 0 Å². The van der Waals surface area contributed by atoms with Gasteiger partial charge in [-0.3, -0.25) is 0 Å². The molecule has 0 saturated heterocycles. The highest BCUT2D eigenvalue weighted by molar-refractivity contribution is 5.21. The molecule has 0 aromatic heterocycles. The Morgan fingerprint density at radius 3 is 2.31 bits per heavy atom. The van der Waals surface area contributed by atoms with Crippen molar-refractivity contribution in [2.75, 3.05) is 20.6 Å². The minimum Gasteiger partial charge on any atom is -0.309 e. The molecular formula is C15H25N. The highest BCUT2D eigenvalue weighted by atomic mass is 15.0. The van der Waals surface area contributed by atoms with Crippen molar-refractivity contribution in [3.8, 4) is 0 Å². The molecule has 0 aliphatic carbocycles. The van der Waals surface area contributed by atoms with E-state index in [2.05, 4.69) is 57.1 Å². The Morgan fingerprint density at radius 2 is 1.75 bits per heavy atom. The molecule has 1 aromatic carbocycles. The third-order valence-corrected chi connectivity index (χ3v) is 3.01. The Bertz CT molecular complexity index is 287. The average Bonchev–Trinajstić information content (AvgIpc) is 2.21. The molecule has 0 aliphatic rings. The van der Waals surface area contributed by atoms with Crippen LogP contribution in [0.25, 0.3) is 0 Å². The lowest BCUT2D eigenvalue weighted by atomic mass is 9.96. The predicted molar refractivity (Wildman–Crippen MR) is 71.8 cm³/mol. The lowest BCUT2D eigenvalue weighted by Gasteiger charge is -2.14. The lowest BCUT2D eigenvalue weighted by molar-refractivity contribution is 0.372. The molecule has 1 nitrogen and oxygen atoms in total. The Balaban J connectivity index is 2.28. The lowest BCUT2D eigenvalue weighted by Crippen LogP contribution is -2.14. The minimum atomic E-state index is 0.794.